The summed E-state index contributed by atoms with van der Waals surface area (Å²) in [7, 11) is 0. The van der Waals surface area contributed by atoms with Crippen molar-refractivity contribution in [1.82, 2.24) is 0 Å². The number of carbonyl (C=O) groups excluding carboxylic acids is 1. The number of hydrogen-bond acceptors (Lipinski definition) is 3. The van der Waals surface area contributed by atoms with Crippen molar-refractivity contribution in [2.45, 2.75) is 26.9 Å². The fraction of sp³-hybridized carbons (Fsp3) is 0.385. The van der Waals surface area contributed by atoms with E-state index >= 15 is 0 Å². The molecule has 0 heterocycles. The molecule has 0 fully saturated rings. The van der Waals surface area contributed by atoms with Crippen LogP contribution in [0.5, 0.6) is 5.75 Å². The zero-order valence-corrected chi connectivity index (χ0v) is 10.1. The number of rotatable bonds is 5. The number of carboxylic acid groups (broad SMARTS) is 1. The number of benzene rings is 1. The minimum Gasteiger partial charge on any atom is -0.478 e. The standard InChI is InChI=1S/C13H16O4/c1-8(2)12(13(15)16)17-11-6-4-10(5-7-11)9(3)14/h4-8,12H,1-3H3,(H,15,16). The van der Waals surface area contributed by atoms with E-state index in [0.717, 1.165) is 0 Å². The van der Waals surface area contributed by atoms with E-state index in [-0.39, 0.29) is 11.7 Å². The summed E-state index contributed by atoms with van der Waals surface area (Å²) in [5, 5.41) is 8.97. The van der Waals surface area contributed by atoms with E-state index in [2.05, 4.69) is 0 Å². The average molecular weight is 236 g/mol. The molecule has 17 heavy (non-hydrogen) atoms. The van der Waals surface area contributed by atoms with Crippen LogP contribution in [0.1, 0.15) is 31.1 Å². The highest BCUT2D eigenvalue weighted by atomic mass is 16.5. The Morgan fingerprint density at radius 2 is 1.71 bits per heavy atom. The van der Waals surface area contributed by atoms with E-state index in [1.165, 1.54) is 6.92 Å². The molecule has 92 valence electrons. The molecular weight excluding hydrogens is 220 g/mol. The van der Waals surface area contributed by atoms with Gasteiger partial charge in [-0.05, 0) is 31.2 Å². The van der Waals surface area contributed by atoms with Gasteiger partial charge in [0.15, 0.2) is 11.9 Å². The van der Waals surface area contributed by atoms with Crippen LogP contribution in [0.4, 0.5) is 0 Å². The fourth-order valence-corrected chi connectivity index (χ4v) is 1.39. The first kappa shape index (κ1) is 13.2. The lowest BCUT2D eigenvalue weighted by atomic mass is 10.1. The van der Waals surface area contributed by atoms with Gasteiger partial charge >= 0.3 is 5.97 Å². The summed E-state index contributed by atoms with van der Waals surface area (Å²) in [4.78, 5) is 22.0. The van der Waals surface area contributed by atoms with Crippen LogP contribution in [0.3, 0.4) is 0 Å². The van der Waals surface area contributed by atoms with E-state index in [0.29, 0.717) is 11.3 Å². The third-order valence-electron chi connectivity index (χ3n) is 2.37. The van der Waals surface area contributed by atoms with E-state index < -0.39 is 12.1 Å². The van der Waals surface area contributed by atoms with Gasteiger partial charge in [-0.2, -0.15) is 0 Å². The molecule has 0 aliphatic rings. The Balaban J connectivity index is 2.80. The summed E-state index contributed by atoms with van der Waals surface area (Å²) in [6.45, 7) is 5.04. The molecule has 4 nitrogen and oxygen atoms in total. The molecule has 0 spiro atoms. The second kappa shape index (κ2) is 5.48. The number of ether oxygens (including phenoxy) is 1. The van der Waals surface area contributed by atoms with Gasteiger partial charge < -0.3 is 9.84 Å². The van der Waals surface area contributed by atoms with Crippen molar-refractivity contribution in [2.24, 2.45) is 5.92 Å². The highest BCUT2D eigenvalue weighted by Crippen LogP contribution is 2.17. The molecule has 0 aliphatic heterocycles. The van der Waals surface area contributed by atoms with Crippen LogP contribution < -0.4 is 4.74 Å². The van der Waals surface area contributed by atoms with Gasteiger partial charge in [0.25, 0.3) is 0 Å². The summed E-state index contributed by atoms with van der Waals surface area (Å²) in [5.74, 6) is -0.693. The number of aliphatic carboxylic acids is 1. The minimum atomic E-state index is -0.990. The third-order valence-corrected chi connectivity index (χ3v) is 2.37. The Labute approximate surface area is 100 Å². The molecule has 4 heteroatoms. The molecule has 0 amide bonds. The maximum absolute atomic E-state index is 11.1. The highest BCUT2D eigenvalue weighted by molar-refractivity contribution is 5.94. The summed E-state index contributed by atoms with van der Waals surface area (Å²) in [6, 6.07) is 6.46. The summed E-state index contributed by atoms with van der Waals surface area (Å²) < 4.78 is 5.36. The van der Waals surface area contributed by atoms with Crippen LogP contribution in [-0.4, -0.2) is 23.0 Å². The molecule has 0 bridgehead atoms. The van der Waals surface area contributed by atoms with Crippen molar-refractivity contribution in [3.63, 3.8) is 0 Å². The van der Waals surface area contributed by atoms with E-state index in [9.17, 15) is 9.59 Å². The van der Waals surface area contributed by atoms with E-state index in [1.807, 2.05) is 0 Å². The lowest BCUT2D eigenvalue weighted by Gasteiger charge is -2.18. The fourth-order valence-electron chi connectivity index (χ4n) is 1.39. The Hall–Kier alpha value is -1.84. The normalized spacial score (nSPS) is 12.2. The van der Waals surface area contributed by atoms with Crippen molar-refractivity contribution >= 4 is 11.8 Å². The van der Waals surface area contributed by atoms with Crippen LogP contribution in [0, 0.1) is 5.92 Å². The molecule has 0 aliphatic carbocycles. The van der Waals surface area contributed by atoms with Gasteiger partial charge in [-0.1, -0.05) is 13.8 Å². The number of Topliss-reactive ketones (excluding diaryl/α,β-unsaturated/α-hetero) is 1. The van der Waals surface area contributed by atoms with Crippen LogP contribution in [0.2, 0.25) is 0 Å². The predicted molar refractivity (Wildman–Crippen MR) is 63.3 cm³/mol. The van der Waals surface area contributed by atoms with Gasteiger partial charge in [0.1, 0.15) is 5.75 Å². The highest BCUT2D eigenvalue weighted by Gasteiger charge is 2.23. The summed E-state index contributed by atoms with van der Waals surface area (Å²) in [5.41, 5.74) is 0.578. The van der Waals surface area contributed by atoms with Crippen molar-refractivity contribution < 1.29 is 19.4 Å². The first-order valence-electron chi connectivity index (χ1n) is 5.42. The zero-order valence-electron chi connectivity index (χ0n) is 10.1. The molecule has 1 aromatic rings. The number of carbonyl (C=O) groups is 2. The molecule has 0 saturated carbocycles. The largest absolute Gasteiger partial charge is 0.478 e. The minimum absolute atomic E-state index is 0.0322. The van der Waals surface area contributed by atoms with Gasteiger partial charge in [-0.15, -0.1) is 0 Å². The molecule has 1 unspecified atom stereocenters. The van der Waals surface area contributed by atoms with Crippen LogP contribution in [-0.2, 0) is 4.79 Å². The van der Waals surface area contributed by atoms with Gasteiger partial charge in [0, 0.05) is 11.5 Å². The first-order valence-corrected chi connectivity index (χ1v) is 5.42. The molecule has 0 aromatic heterocycles. The van der Waals surface area contributed by atoms with Crippen molar-refractivity contribution in [1.29, 1.82) is 0 Å². The molecule has 0 saturated heterocycles. The smallest absolute Gasteiger partial charge is 0.345 e. The topological polar surface area (TPSA) is 63.6 Å². The Morgan fingerprint density at radius 3 is 2.06 bits per heavy atom. The van der Waals surface area contributed by atoms with E-state index in [4.69, 9.17) is 9.84 Å². The first-order chi connectivity index (χ1) is 7.91. The maximum atomic E-state index is 11.1. The number of carboxylic acids is 1. The van der Waals surface area contributed by atoms with Gasteiger partial charge in [-0.3, -0.25) is 4.79 Å². The van der Waals surface area contributed by atoms with Gasteiger partial charge in [-0.25, -0.2) is 4.79 Å². The molecule has 1 aromatic carbocycles. The van der Waals surface area contributed by atoms with Crippen LogP contribution in [0.25, 0.3) is 0 Å². The van der Waals surface area contributed by atoms with Crippen molar-refractivity contribution in [2.75, 3.05) is 0 Å². The molecule has 1 atom stereocenters. The molecule has 1 N–H and O–H groups in total. The second-order valence-electron chi connectivity index (χ2n) is 4.20. The van der Waals surface area contributed by atoms with Gasteiger partial charge in [0.2, 0.25) is 0 Å². The predicted octanol–water partition coefficient (Wildman–Crippen LogP) is 2.38. The quantitative estimate of drug-likeness (QED) is 0.797. The monoisotopic (exact) mass is 236 g/mol. The number of ketones is 1. The SMILES string of the molecule is CC(=O)c1ccc(OC(C(=O)O)C(C)C)cc1. The van der Waals surface area contributed by atoms with Gasteiger partial charge in [0.05, 0.1) is 0 Å². The Morgan fingerprint density at radius 1 is 1.18 bits per heavy atom. The van der Waals surface area contributed by atoms with Crippen molar-refractivity contribution in [3.05, 3.63) is 29.8 Å². The molecular formula is C13H16O4. The van der Waals surface area contributed by atoms with E-state index in [1.54, 1.807) is 38.1 Å². The number of hydrogen-bond donors (Lipinski definition) is 1. The maximum Gasteiger partial charge on any atom is 0.345 e. The average Bonchev–Trinajstić information content (AvgIpc) is 2.25. The second-order valence-corrected chi connectivity index (χ2v) is 4.20. The lowest BCUT2D eigenvalue weighted by molar-refractivity contribution is -0.147. The van der Waals surface area contributed by atoms with Crippen molar-refractivity contribution in [3.8, 4) is 5.75 Å². The Kier molecular flexibility index (Phi) is 4.26. The third kappa shape index (κ3) is 3.59. The zero-order chi connectivity index (χ0) is 13.0. The Bertz CT molecular complexity index is 406. The molecule has 1 rings (SSSR count). The lowest BCUT2D eigenvalue weighted by Crippen LogP contribution is -2.32. The van der Waals surface area contributed by atoms with Crippen LogP contribution >= 0.6 is 0 Å². The molecule has 0 radical (unpaired) electrons. The summed E-state index contributed by atoms with van der Waals surface area (Å²) >= 11 is 0. The van der Waals surface area contributed by atoms with Crippen LogP contribution in [0.15, 0.2) is 24.3 Å². The summed E-state index contributed by atoms with van der Waals surface area (Å²) in [6.07, 6.45) is -0.877.